The Morgan fingerprint density at radius 1 is 0.971 bits per heavy atom. The van der Waals surface area contributed by atoms with Crippen LogP contribution in [0.25, 0.3) is 0 Å². The standard InChI is InChI=1S/C26H33N7O/c1-4-19-10-8-9-13-21(19)28-25-30-22(29-24(27)31-25)18-32-14-16-33(17-15-32)23(34)26(2,3)20-11-6-5-7-12-20/h5-13H,4,14-18H2,1-3H3,(H3,27,28,29,30,31). The van der Waals surface area contributed by atoms with E-state index in [-0.39, 0.29) is 11.9 Å². The number of carbonyl (C=O) groups excluding carboxylic acids is 1. The Morgan fingerprint density at radius 3 is 2.35 bits per heavy atom. The average molecular weight is 460 g/mol. The quantitative estimate of drug-likeness (QED) is 0.559. The van der Waals surface area contributed by atoms with Crippen LogP contribution in [0, 0.1) is 0 Å². The van der Waals surface area contributed by atoms with Crippen LogP contribution in [0.2, 0.25) is 0 Å². The number of rotatable bonds is 7. The van der Waals surface area contributed by atoms with Crippen molar-refractivity contribution in [1.29, 1.82) is 0 Å². The number of carbonyl (C=O) groups is 1. The molecule has 178 valence electrons. The van der Waals surface area contributed by atoms with Crippen LogP contribution in [-0.2, 0) is 23.2 Å². The number of nitrogens with one attached hydrogen (secondary N) is 1. The summed E-state index contributed by atoms with van der Waals surface area (Å²) in [6, 6.07) is 18.0. The number of nitrogens with zero attached hydrogens (tertiary/aromatic N) is 5. The maximum Gasteiger partial charge on any atom is 0.232 e. The van der Waals surface area contributed by atoms with Crippen LogP contribution in [0.4, 0.5) is 17.6 Å². The minimum Gasteiger partial charge on any atom is -0.368 e. The van der Waals surface area contributed by atoms with Crippen LogP contribution < -0.4 is 11.1 Å². The Bertz CT molecular complexity index is 1130. The summed E-state index contributed by atoms with van der Waals surface area (Å²) in [6.07, 6.45) is 0.903. The van der Waals surface area contributed by atoms with Gasteiger partial charge < -0.3 is 16.0 Å². The molecule has 1 saturated heterocycles. The molecule has 1 fully saturated rings. The highest BCUT2D eigenvalue weighted by Crippen LogP contribution is 2.26. The van der Waals surface area contributed by atoms with Crippen LogP contribution in [0.3, 0.4) is 0 Å². The summed E-state index contributed by atoms with van der Waals surface area (Å²) in [5, 5.41) is 3.28. The molecule has 4 rings (SSSR count). The topological polar surface area (TPSA) is 100 Å². The summed E-state index contributed by atoms with van der Waals surface area (Å²) in [6.45, 7) is 9.51. The molecule has 34 heavy (non-hydrogen) atoms. The normalized spacial score (nSPS) is 14.7. The summed E-state index contributed by atoms with van der Waals surface area (Å²) in [4.78, 5) is 30.7. The van der Waals surface area contributed by atoms with Gasteiger partial charge in [-0.25, -0.2) is 0 Å². The predicted octanol–water partition coefficient (Wildman–Crippen LogP) is 3.38. The Balaban J connectivity index is 1.38. The fraction of sp³-hybridized carbons (Fsp3) is 0.385. The first-order valence-electron chi connectivity index (χ1n) is 11.8. The van der Waals surface area contributed by atoms with Gasteiger partial charge in [0, 0.05) is 31.9 Å². The highest BCUT2D eigenvalue weighted by molar-refractivity contribution is 5.87. The summed E-state index contributed by atoms with van der Waals surface area (Å²) in [5.74, 6) is 1.42. The van der Waals surface area contributed by atoms with Gasteiger partial charge in [-0.1, -0.05) is 55.5 Å². The number of aryl methyl sites for hydroxylation is 1. The van der Waals surface area contributed by atoms with Crippen LogP contribution in [0.1, 0.15) is 37.7 Å². The predicted molar refractivity (Wildman–Crippen MR) is 135 cm³/mol. The van der Waals surface area contributed by atoms with Gasteiger partial charge in [-0.15, -0.1) is 0 Å². The first kappa shape index (κ1) is 23.6. The molecule has 0 radical (unpaired) electrons. The fourth-order valence-corrected chi connectivity index (χ4v) is 4.32. The Morgan fingerprint density at radius 2 is 1.65 bits per heavy atom. The third-order valence-corrected chi connectivity index (χ3v) is 6.40. The Hall–Kier alpha value is -3.52. The third kappa shape index (κ3) is 5.34. The Labute approximate surface area is 201 Å². The van der Waals surface area contributed by atoms with Gasteiger partial charge >= 0.3 is 0 Å². The fourth-order valence-electron chi connectivity index (χ4n) is 4.32. The van der Waals surface area contributed by atoms with Gasteiger partial charge in [-0.3, -0.25) is 9.69 Å². The molecule has 1 amide bonds. The molecule has 8 heteroatoms. The number of nitrogens with two attached hydrogens (primary N) is 1. The van der Waals surface area contributed by atoms with Gasteiger partial charge in [0.2, 0.25) is 17.8 Å². The molecule has 2 aromatic carbocycles. The summed E-state index contributed by atoms with van der Waals surface area (Å²) >= 11 is 0. The lowest BCUT2D eigenvalue weighted by Gasteiger charge is -2.38. The van der Waals surface area contributed by atoms with Crippen LogP contribution in [0.15, 0.2) is 54.6 Å². The van der Waals surface area contributed by atoms with E-state index in [2.05, 4.69) is 38.2 Å². The van der Waals surface area contributed by atoms with Crippen molar-refractivity contribution >= 4 is 23.5 Å². The summed E-state index contributed by atoms with van der Waals surface area (Å²) in [7, 11) is 0. The molecule has 8 nitrogen and oxygen atoms in total. The van der Waals surface area contributed by atoms with E-state index in [1.807, 2.05) is 67.3 Å². The number of aromatic nitrogens is 3. The number of benzene rings is 2. The first-order valence-corrected chi connectivity index (χ1v) is 11.8. The number of nitrogen functional groups attached to an aromatic ring is 1. The largest absolute Gasteiger partial charge is 0.368 e. The average Bonchev–Trinajstić information content (AvgIpc) is 2.84. The minimum absolute atomic E-state index is 0.156. The molecule has 2 heterocycles. The molecule has 3 aromatic rings. The number of piperazine rings is 1. The van der Waals surface area contributed by atoms with Gasteiger partial charge in [0.25, 0.3) is 0 Å². The van der Waals surface area contributed by atoms with Crippen molar-refractivity contribution < 1.29 is 4.79 Å². The lowest BCUT2D eigenvalue weighted by molar-refractivity contribution is -0.138. The highest BCUT2D eigenvalue weighted by atomic mass is 16.2. The van der Waals surface area contributed by atoms with Crippen molar-refractivity contribution in [2.24, 2.45) is 0 Å². The second-order valence-electron chi connectivity index (χ2n) is 9.13. The number of amides is 1. The van der Waals surface area contributed by atoms with Crippen molar-refractivity contribution in [2.45, 2.75) is 39.2 Å². The molecule has 0 unspecified atom stereocenters. The smallest absolute Gasteiger partial charge is 0.232 e. The number of anilines is 3. The van der Waals surface area contributed by atoms with E-state index >= 15 is 0 Å². The van der Waals surface area contributed by atoms with Crippen molar-refractivity contribution in [2.75, 3.05) is 37.2 Å². The highest BCUT2D eigenvalue weighted by Gasteiger charge is 2.35. The van der Waals surface area contributed by atoms with Gasteiger partial charge in [0.05, 0.1) is 12.0 Å². The van der Waals surface area contributed by atoms with Crippen molar-refractivity contribution in [1.82, 2.24) is 24.8 Å². The van der Waals surface area contributed by atoms with Crippen LogP contribution >= 0.6 is 0 Å². The summed E-state index contributed by atoms with van der Waals surface area (Å²) < 4.78 is 0. The number of hydrogen-bond acceptors (Lipinski definition) is 7. The van der Waals surface area contributed by atoms with E-state index in [0.29, 0.717) is 31.4 Å². The zero-order valence-electron chi connectivity index (χ0n) is 20.2. The SMILES string of the molecule is CCc1ccccc1Nc1nc(N)nc(CN2CCN(C(=O)C(C)(C)c3ccccc3)CC2)n1. The zero-order chi connectivity index (χ0) is 24.1. The number of para-hydroxylation sites is 1. The van der Waals surface area contributed by atoms with Crippen molar-refractivity contribution in [3.63, 3.8) is 0 Å². The lowest BCUT2D eigenvalue weighted by Crippen LogP contribution is -2.53. The van der Waals surface area contributed by atoms with Crippen molar-refractivity contribution in [3.05, 3.63) is 71.5 Å². The van der Waals surface area contributed by atoms with Crippen molar-refractivity contribution in [3.8, 4) is 0 Å². The monoisotopic (exact) mass is 459 g/mol. The molecule has 1 aliphatic rings. The first-order chi connectivity index (χ1) is 16.4. The van der Waals surface area contributed by atoms with E-state index < -0.39 is 5.41 Å². The van der Waals surface area contributed by atoms with Crippen LogP contribution in [-0.4, -0.2) is 56.8 Å². The third-order valence-electron chi connectivity index (χ3n) is 6.40. The molecule has 0 spiro atoms. The number of hydrogen-bond donors (Lipinski definition) is 2. The molecule has 0 aliphatic carbocycles. The molecule has 3 N–H and O–H groups in total. The van der Waals surface area contributed by atoms with Gasteiger partial charge in [-0.05, 0) is 37.5 Å². The second kappa shape index (κ2) is 10.2. The molecule has 0 bridgehead atoms. The summed E-state index contributed by atoms with van der Waals surface area (Å²) in [5.41, 5.74) is 8.61. The molecular weight excluding hydrogens is 426 g/mol. The molecule has 1 aromatic heterocycles. The lowest BCUT2D eigenvalue weighted by atomic mass is 9.83. The Kier molecular flexibility index (Phi) is 7.07. The maximum absolute atomic E-state index is 13.3. The molecule has 0 atom stereocenters. The van der Waals surface area contributed by atoms with E-state index in [1.165, 1.54) is 5.56 Å². The second-order valence-corrected chi connectivity index (χ2v) is 9.13. The van der Waals surface area contributed by atoms with Gasteiger partial charge in [0.1, 0.15) is 5.82 Å². The van der Waals surface area contributed by atoms with E-state index in [9.17, 15) is 4.79 Å². The molecule has 0 saturated carbocycles. The molecule has 1 aliphatic heterocycles. The maximum atomic E-state index is 13.3. The zero-order valence-corrected chi connectivity index (χ0v) is 20.2. The molecular formula is C26H33N7O. The van der Waals surface area contributed by atoms with Gasteiger partial charge in [-0.2, -0.15) is 15.0 Å². The minimum atomic E-state index is -0.554. The van der Waals surface area contributed by atoms with E-state index in [4.69, 9.17) is 5.73 Å². The van der Waals surface area contributed by atoms with Crippen LogP contribution in [0.5, 0.6) is 0 Å². The van der Waals surface area contributed by atoms with Gasteiger partial charge in [0.15, 0.2) is 0 Å². The van der Waals surface area contributed by atoms with E-state index in [1.54, 1.807) is 0 Å². The van der Waals surface area contributed by atoms with E-state index in [0.717, 1.165) is 30.8 Å².